The lowest BCUT2D eigenvalue weighted by Crippen LogP contribution is -2.10. The van der Waals surface area contributed by atoms with E-state index in [1.165, 1.54) is 17.1 Å². The molecule has 3 aromatic rings. The number of halogens is 4. The number of aromatic nitrogens is 4. The van der Waals surface area contributed by atoms with Crippen molar-refractivity contribution >= 4 is 26.8 Å². The van der Waals surface area contributed by atoms with Gasteiger partial charge < -0.3 is 4.74 Å². The SMILES string of the molecule is N#Cc1cnc(Oc2cccc3c(Br)nn(CCCC(F)(F)F)c23)nc1. The Morgan fingerprint density at radius 1 is 1.23 bits per heavy atom. The molecule has 0 bridgehead atoms. The molecule has 1 aromatic carbocycles. The zero-order chi connectivity index (χ0) is 18.7. The van der Waals surface area contributed by atoms with E-state index in [0.717, 1.165) is 0 Å². The molecule has 3 rings (SSSR count). The minimum absolute atomic E-state index is 0.0238. The number of nitrogens with zero attached hydrogens (tertiary/aromatic N) is 5. The second kappa shape index (κ2) is 7.29. The van der Waals surface area contributed by atoms with Crippen molar-refractivity contribution < 1.29 is 17.9 Å². The molecule has 10 heteroatoms. The molecule has 6 nitrogen and oxygen atoms in total. The standard InChI is InChI=1S/C16H11BrF3N5O/c17-14-11-3-1-4-12(26-15-22-8-10(7-21)9-23-15)13(11)25(24-14)6-2-5-16(18,19)20/h1,3-4,8-9H,2,5-6H2. The van der Waals surface area contributed by atoms with E-state index in [0.29, 0.717) is 21.3 Å². The quantitative estimate of drug-likeness (QED) is 0.596. The lowest BCUT2D eigenvalue weighted by Gasteiger charge is -2.09. The number of aryl methyl sites for hydroxylation is 1. The van der Waals surface area contributed by atoms with Crippen LogP contribution in [0.2, 0.25) is 0 Å². The van der Waals surface area contributed by atoms with Crippen LogP contribution in [0, 0.1) is 11.3 Å². The maximum atomic E-state index is 12.4. The van der Waals surface area contributed by atoms with Gasteiger partial charge in [0.05, 0.1) is 18.0 Å². The van der Waals surface area contributed by atoms with Crippen LogP contribution in [0.15, 0.2) is 35.2 Å². The van der Waals surface area contributed by atoms with Crippen molar-refractivity contribution in [3.63, 3.8) is 0 Å². The van der Waals surface area contributed by atoms with Gasteiger partial charge in [-0.2, -0.15) is 23.5 Å². The highest BCUT2D eigenvalue weighted by atomic mass is 79.9. The van der Waals surface area contributed by atoms with Crippen LogP contribution in [0.4, 0.5) is 13.2 Å². The molecule has 0 unspecified atom stereocenters. The van der Waals surface area contributed by atoms with Crippen LogP contribution < -0.4 is 4.74 Å². The number of ether oxygens (including phenoxy) is 1. The molecule has 0 fully saturated rings. The molecule has 2 aromatic heterocycles. The molecule has 0 spiro atoms. The van der Waals surface area contributed by atoms with Crippen LogP contribution in [0.1, 0.15) is 18.4 Å². The summed E-state index contributed by atoms with van der Waals surface area (Å²) in [5.74, 6) is 0.359. The van der Waals surface area contributed by atoms with Crippen LogP contribution in [0.25, 0.3) is 10.9 Å². The van der Waals surface area contributed by atoms with Crippen molar-refractivity contribution in [1.29, 1.82) is 5.26 Å². The zero-order valence-corrected chi connectivity index (χ0v) is 14.8. The number of hydrogen-bond donors (Lipinski definition) is 0. The largest absolute Gasteiger partial charge is 0.422 e. The summed E-state index contributed by atoms with van der Waals surface area (Å²) < 4.78 is 44.8. The number of hydrogen-bond acceptors (Lipinski definition) is 5. The Morgan fingerprint density at radius 2 is 1.96 bits per heavy atom. The van der Waals surface area contributed by atoms with Crippen LogP contribution >= 0.6 is 15.9 Å². The summed E-state index contributed by atoms with van der Waals surface area (Å²) >= 11 is 3.31. The van der Waals surface area contributed by atoms with Crippen LogP contribution in [-0.4, -0.2) is 25.9 Å². The Balaban J connectivity index is 1.91. The van der Waals surface area contributed by atoms with Gasteiger partial charge in [-0.05, 0) is 34.5 Å². The number of rotatable bonds is 5. The second-order valence-corrected chi connectivity index (χ2v) is 6.10. The predicted octanol–water partition coefficient (Wildman–Crippen LogP) is 4.60. The monoisotopic (exact) mass is 425 g/mol. The summed E-state index contributed by atoms with van der Waals surface area (Å²) in [4.78, 5) is 7.87. The highest BCUT2D eigenvalue weighted by molar-refractivity contribution is 9.10. The highest BCUT2D eigenvalue weighted by Gasteiger charge is 2.26. The molecule has 0 saturated carbocycles. The average molecular weight is 426 g/mol. The van der Waals surface area contributed by atoms with Crippen molar-refractivity contribution in [2.45, 2.75) is 25.6 Å². The molecule has 134 valence electrons. The Bertz CT molecular complexity index is 963. The molecule has 2 heterocycles. The van der Waals surface area contributed by atoms with Gasteiger partial charge in [0, 0.05) is 18.4 Å². The van der Waals surface area contributed by atoms with Crippen molar-refractivity contribution in [2.75, 3.05) is 0 Å². The Morgan fingerprint density at radius 3 is 2.62 bits per heavy atom. The van der Waals surface area contributed by atoms with E-state index in [1.54, 1.807) is 18.2 Å². The van der Waals surface area contributed by atoms with Gasteiger partial charge in [0.2, 0.25) is 0 Å². The maximum Gasteiger partial charge on any atom is 0.389 e. The maximum absolute atomic E-state index is 12.4. The van der Waals surface area contributed by atoms with Crippen molar-refractivity contribution in [3.8, 4) is 17.8 Å². The normalized spacial score (nSPS) is 11.5. The molecule has 0 radical (unpaired) electrons. The minimum Gasteiger partial charge on any atom is -0.422 e. The second-order valence-electron chi connectivity index (χ2n) is 5.35. The number of alkyl halides is 3. The number of fused-ring (bicyclic) bond motifs is 1. The van der Waals surface area contributed by atoms with Gasteiger partial charge in [0.15, 0.2) is 5.75 Å². The first kappa shape index (κ1) is 18.1. The first-order valence-electron chi connectivity index (χ1n) is 7.49. The molecule has 0 aliphatic rings. The molecule has 26 heavy (non-hydrogen) atoms. The molecule has 0 saturated heterocycles. The highest BCUT2D eigenvalue weighted by Crippen LogP contribution is 2.33. The molecule has 0 atom stereocenters. The van der Waals surface area contributed by atoms with Gasteiger partial charge in [0.1, 0.15) is 16.2 Å². The number of para-hydroxylation sites is 1. The average Bonchev–Trinajstić information content (AvgIpc) is 2.92. The van der Waals surface area contributed by atoms with E-state index >= 15 is 0 Å². The van der Waals surface area contributed by atoms with Crippen molar-refractivity contribution in [1.82, 2.24) is 19.7 Å². The summed E-state index contributed by atoms with van der Waals surface area (Å²) in [7, 11) is 0. The fraction of sp³-hybridized carbons (Fsp3) is 0.250. The molecule has 0 aliphatic heterocycles. The lowest BCUT2D eigenvalue weighted by atomic mass is 10.2. The van der Waals surface area contributed by atoms with E-state index in [2.05, 4.69) is 31.0 Å². The van der Waals surface area contributed by atoms with E-state index in [4.69, 9.17) is 10.00 Å². The van der Waals surface area contributed by atoms with E-state index in [1.807, 2.05) is 6.07 Å². The van der Waals surface area contributed by atoms with Gasteiger partial charge in [-0.15, -0.1) is 0 Å². The third-order valence-corrected chi connectivity index (χ3v) is 4.06. The van der Waals surface area contributed by atoms with Crippen molar-refractivity contribution in [3.05, 3.63) is 40.8 Å². The van der Waals surface area contributed by atoms with Gasteiger partial charge in [-0.3, -0.25) is 4.68 Å². The van der Waals surface area contributed by atoms with Crippen LogP contribution in [-0.2, 0) is 6.54 Å². The smallest absolute Gasteiger partial charge is 0.389 e. The topological polar surface area (TPSA) is 76.6 Å². The Kier molecular flexibility index (Phi) is 5.08. The van der Waals surface area contributed by atoms with E-state index in [-0.39, 0.29) is 24.5 Å². The Hall–Kier alpha value is -2.67. The first-order valence-corrected chi connectivity index (χ1v) is 8.28. The molecular formula is C16H11BrF3N5O. The lowest BCUT2D eigenvalue weighted by molar-refractivity contribution is -0.135. The van der Waals surface area contributed by atoms with Crippen LogP contribution in [0.5, 0.6) is 11.8 Å². The summed E-state index contributed by atoms with van der Waals surface area (Å²) in [5.41, 5.74) is 0.824. The Labute approximate surface area is 154 Å². The van der Waals surface area contributed by atoms with E-state index in [9.17, 15) is 13.2 Å². The third-order valence-electron chi connectivity index (χ3n) is 3.48. The number of nitriles is 1. The molecule has 0 amide bonds. The molecule has 0 N–H and O–H groups in total. The van der Waals surface area contributed by atoms with Gasteiger partial charge in [0.25, 0.3) is 0 Å². The zero-order valence-electron chi connectivity index (χ0n) is 13.2. The van der Waals surface area contributed by atoms with Gasteiger partial charge in [-0.25, -0.2) is 9.97 Å². The van der Waals surface area contributed by atoms with Gasteiger partial charge >= 0.3 is 12.2 Å². The third kappa shape index (κ3) is 4.11. The fourth-order valence-corrected chi connectivity index (χ4v) is 2.87. The molecule has 0 aliphatic carbocycles. The van der Waals surface area contributed by atoms with Crippen LogP contribution in [0.3, 0.4) is 0 Å². The molecular weight excluding hydrogens is 415 g/mol. The van der Waals surface area contributed by atoms with Crippen molar-refractivity contribution in [2.24, 2.45) is 0 Å². The minimum atomic E-state index is -4.21. The van der Waals surface area contributed by atoms with E-state index < -0.39 is 12.6 Å². The van der Waals surface area contributed by atoms with Gasteiger partial charge in [-0.1, -0.05) is 6.07 Å². The summed E-state index contributed by atoms with van der Waals surface area (Å²) in [6.07, 6.45) is -2.57. The summed E-state index contributed by atoms with van der Waals surface area (Å²) in [5, 5.41) is 13.7. The predicted molar refractivity (Wildman–Crippen MR) is 89.5 cm³/mol. The first-order chi connectivity index (χ1) is 12.4. The fourth-order valence-electron chi connectivity index (χ4n) is 2.36. The summed E-state index contributed by atoms with van der Waals surface area (Å²) in [6, 6.07) is 7.08. The number of benzene rings is 1. The summed E-state index contributed by atoms with van der Waals surface area (Å²) in [6.45, 7) is 0.0796.